The van der Waals surface area contributed by atoms with E-state index in [1.54, 1.807) is 0 Å². The highest BCUT2D eigenvalue weighted by atomic mass is 16.6. The number of hydrogen-bond donors (Lipinski definition) is 0. The molecule has 0 radical (unpaired) electrons. The molecule has 0 aromatic heterocycles. The highest BCUT2D eigenvalue weighted by molar-refractivity contribution is 5.69. The van der Waals surface area contributed by atoms with Gasteiger partial charge in [0.25, 0.3) is 0 Å². The molecule has 0 fully saturated rings. The normalized spacial score (nSPS) is 13.2. The zero-order valence-electron chi connectivity index (χ0n) is 11.2. The van der Waals surface area contributed by atoms with Gasteiger partial charge in [-0.05, 0) is 38.7 Å². The summed E-state index contributed by atoms with van der Waals surface area (Å²) in [6.07, 6.45) is 1.31. The molecule has 0 aliphatic heterocycles. The van der Waals surface area contributed by atoms with Crippen LogP contribution >= 0.6 is 0 Å². The Labute approximate surface area is 104 Å². The van der Waals surface area contributed by atoms with Crippen molar-refractivity contribution in [2.45, 2.75) is 52.1 Å². The molecule has 0 unspecified atom stereocenters. The van der Waals surface area contributed by atoms with Crippen LogP contribution in [0.2, 0.25) is 0 Å². The molecule has 1 aromatic carbocycles. The third-order valence-corrected chi connectivity index (χ3v) is 2.57. The molecule has 0 amide bonds. The first-order valence-corrected chi connectivity index (χ1v) is 6.15. The van der Waals surface area contributed by atoms with Gasteiger partial charge >= 0.3 is 5.97 Å². The maximum atomic E-state index is 11.6. The Kier molecular flexibility index (Phi) is 4.73. The number of benzene rings is 1. The molecule has 0 aliphatic carbocycles. The van der Waals surface area contributed by atoms with Crippen molar-refractivity contribution in [2.75, 3.05) is 0 Å². The van der Waals surface area contributed by atoms with Crippen molar-refractivity contribution in [1.82, 2.24) is 0 Å². The molecular formula is C15H22O2. The van der Waals surface area contributed by atoms with Crippen molar-refractivity contribution in [3.8, 4) is 0 Å². The largest absolute Gasteiger partial charge is 0.460 e. The zero-order chi connectivity index (χ0) is 12.9. The number of carbonyl (C=O) groups is 1. The molecule has 1 atom stereocenters. The molecule has 0 heterocycles. The van der Waals surface area contributed by atoms with E-state index in [0.717, 1.165) is 6.42 Å². The Morgan fingerprint density at radius 2 is 1.82 bits per heavy atom. The summed E-state index contributed by atoms with van der Waals surface area (Å²) < 4.78 is 5.29. The molecule has 0 saturated heterocycles. The van der Waals surface area contributed by atoms with Crippen LogP contribution in [-0.4, -0.2) is 11.6 Å². The molecule has 0 bridgehead atoms. The third kappa shape index (κ3) is 5.53. The number of hydrogen-bond acceptors (Lipinski definition) is 2. The van der Waals surface area contributed by atoms with E-state index in [9.17, 15) is 4.79 Å². The van der Waals surface area contributed by atoms with E-state index in [0.29, 0.717) is 12.3 Å². The van der Waals surface area contributed by atoms with Gasteiger partial charge in [0, 0.05) is 6.42 Å². The van der Waals surface area contributed by atoms with Crippen molar-refractivity contribution in [3.63, 3.8) is 0 Å². The van der Waals surface area contributed by atoms with Gasteiger partial charge in [0.05, 0.1) is 0 Å². The van der Waals surface area contributed by atoms with Crippen LogP contribution in [0.1, 0.15) is 52.0 Å². The van der Waals surface area contributed by atoms with Gasteiger partial charge in [-0.15, -0.1) is 0 Å². The summed E-state index contributed by atoms with van der Waals surface area (Å²) in [5.74, 6) is 0.281. The molecule has 0 aliphatic rings. The molecule has 94 valence electrons. The van der Waals surface area contributed by atoms with Crippen molar-refractivity contribution >= 4 is 5.97 Å². The van der Waals surface area contributed by atoms with Crippen LogP contribution in [0.15, 0.2) is 30.3 Å². The fourth-order valence-electron chi connectivity index (χ4n) is 1.68. The van der Waals surface area contributed by atoms with Crippen molar-refractivity contribution in [1.29, 1.82) is 0 Å². The molecule has 2 nitrogen and oxygen atoms in total. The van der Waals surface area contributed by atoms with E-state index in [2.05, 4.69) is 19.1 Å². The summed E-state index contributed by atoms with van der Waals surface area (Å²) >= 11 is 0. The van der Waals surface area contributed by atoms with Crippen molar-refractivity contribution < 1.29 is 9.53 Å². The Balaban J connectivity index is 2.39. The van der Waals surface area contributed by atoms with E-state index in [4.69, 9.17) is 4.74 Å². The van der Waals surface area contributed by atoms with Gasteiger partial charge in [-0.25, -0.2) is 0 Å². The molecule has 0 N–H and O–H groups in total. The predicted octanol–water partition coefficient (Wildman–Crippen LogP) is 3.91. The second-order valence-corrected chi connectivity index (χ2v) is 5.44. The van der Waals surface area contributed by atoms with Gasteiger partial charge < -0.3 is 4.74 Å². The van der Waals surface area contributed by atoms with Crippen LogP contribution in [0.4, 0.5) is 0 Å². The lowest BCUT2D eigenvalue weighted by atomic mass is 9.96. The van der Waals surface area contributed by atoms with Gasteiger partial charge in [0.2, 0.25) is 0 Å². The summed E-state index contributed by atoms with van der Waals surface area (Å²) in [6.45, 7) is 7.82. The van der Waals surface area contributed by atoms with Crippen LogP contribution < -0.4 is 0 Å². The van der Waals surface area contributed by atoms with Crippen molar-refractivity contribution in [2.24, 2.45) is 0 Å². The first kappa shape index (κ1) is 13.8. The third-order valence-electron chi connectivity index (χ3n) is 2.57. The number of esters is 1. The van der Waals surface area contributed by atoms with Gasteiger partial charge in [0.15, 0.2) is 0 Å². The summed E-state index contributed by atoms with van der Waals surface area (Å²) in [7, 11) is 0. The molecular weight excluding hydrogens is 212 g/mol. The van der Waals surface area contributed by atoms with Crippen LogP contribution in [-0.2, 0) is 9.53 Å². The van der Waals surface area contributed by atoms with Gasteiger partial charge in [0.1, 0.15) is 5.60 Å². The monoisotopic (exact) mass is 234 g/mol. The van der Waals surface area contributed by atoms with E-state index in [1.807, 2.05) is 39.0 Å². The lowest BCUT2D eigenvalue weighted by Crippen LogP contribution is -2.23. The summed E-state index contributed by atoms with van der Waals surface area (Å²) in [6, 6.07) is 10.3. The Hall–Kier alpha value is -1.31. The Morgan fingerprint density at radius 3 is 2.35 bits per heavy atom. The molecule has 1 rings (SSSR count). The lowest BCUT2D eigenvalue weighted by Gasteiger charge is -2.20. The second-order valence-electron chi connectivity index (χ2n) is 5.44. The average Bonchev–Trinajstić information content (AvgIpc) is 2.25. The number of ether oxygens (including phenoxy) is 1. The zero-order valence-corrected chi connectivity index (χ0v) is 11.2. The second kappa shape index (κ2) is 5.85. The first-order valence-electron chi connectivity index (χ1n) is 6.15. The topological polar surface area (TPSA) is 26.3 Å². The minimum Gasteiger partial charge on any atom is -0.460 e. The molecule has 17 heavy (non-hydrogen) atoms. The summed E-state index contributed by atoms with van der Waals surface area (Å²) in [5.41, 5.74) is 0.892. The molecule has 2 heteroatoms. The van der Waals surface area contributed by atoms with Crippen LogP contribution in [0.5, 0.6) is 0 Å². The van der Waals surface area contributed by atoms with Crippen LogP contribution in [0, 0.1) is 0 Å². The number of carbonyl (C=O) groups excluding carboxylic acids is 1. The minimum atomic E-state index is -0.382. The smallest absolute Gasteiger partial charge is 0.306 e. The SMILES string of the molecule is C[C@@H](CCC(=O)OC(C)(C)C)c1ccccc1. The maximum absolute atomic E-state index is 11.6. The predicted molar refractivity (Wildman–Crippen MR) is 69.9 cm³/mol. The van der Waals surface area contributed by atoms with Crippen LogP contribution in [0.3, 0.4) is 0 Å². The highest BCUT2D eigenvalue weighted by Crippen LogP contribution is 2.21. The standard InChI is InChI=1S/C15H22O2/c1-12(13-8-6-5-7-9-13)10-11-14(16)17-15(2,3)4/h5-9,12H,10-11H2,1-4H3/t12-/m0/s1. The van der Waals surface area contributed by atoms with E-state index in [-0.39, 0.29) is 11.6 Å². The Bertz CT molecular complexity index is 349. The fourth-order valence-corrected chi connectivity index (χ4v) is 1.68. The maximum Gasteiger partial charge on any atom is 0.306 e. The molecule has 0 saturated carbocycles. The molecule has 0 spiro atoms. The summed E-state index contributed by atoms with van der Waals surface area (Å²) in [4.78, 5) is 11.6. The highest BCUT2D eigenvalue weighted by Gasteiger charge is 2.17. The Morgan fingerprint density at radius 1 is 1.24 bits per heavy atom. The van der Waals surface area contributed by atoms with E-state index < -0.39 is 0 Å². The lowest BCUT2D eigenvalue weighted by molar-refractivity contribution is -0.155. The fraction of sp³-hybridized carbons (Fsp3) is 0.533. The molecule has 1 aromatic rings. The quantitative estimate of drug-likeness (QED) is 0.738. The average molecular weight is 234 g/mol. The number of rotatable bonds is 4. The van der Waals surface area contributed by atoms with Gasteiger partial charge in [-0.3, -0.25) is 4.79 Å². The van der Waals surface area contributed by atoms with Gasteiger partial charge in [-0.2, -0.15) is 0 Å². The first-order chi connectivity index (χ1) is 7.88. The van der Waals surface area contributed by atoms with E-state index >= 15 is 0 Å². The van der Waals surface area contributed by atoms with Crippen LogP contribution in [0.25, 0.3) is 0 Å². The summed E-state index contributed by atoms with van der Waals surface area (Å²) in [5, 5.41) is 0. The minimum absolute atomic E-state index is 0.111. The van der Waals surface area contributed by atoms with E-state index in [1.165, 1.54) is 5.56 Å². The van der Waals surface area contributed by atoms with Crippen molar-refractivity contribution in [3.05, 3.63) is 35.9 Å². The van der Waals surface area contributed by atoms with Gasteiger partial charge in [-0.1, -0.05) is 37.3 Å².